The van der Waals surface area contributed by atoms with Gasteiger partial charge >= 0.3 is 6.03 Å². The van der Waals surface area contributed by atoms with Crippen molar-refractivity contribution in [2.75, 3.05) is 30.9 Å². The molecule has 3 rings (SSSR count). The first kappa shape index (κ1) is 15.3. The van der Waals surface area contributed by atoms with Crippen LogP contribution in [-0.2, 0) is 0 Å². The summed E-state index contributed by atoms with van der Waals surface area (Å²) in [6.45, 7) is 0.737. The molecule has 2 aromatic heterocycles. The number of anilines is 2. The van der Waals surface area contributed by atoms with Gasteiger partial charge in [0.25, 0.3) is 0 Å². The van der Waals surface area contributed by atoms with E-state index in [1.807, 2.05) is 36.0 Å². The average Bonchev–Trinajstić information content (AvgIpc) is 3.09. The smallest absolute Gasteiger partial charge is 0.322 e. The van der Waals surface area contributed by atoms with E-state index in [4.69, 9.17) is 0 Å². The first-order chi connectivity index (χ1) is 11.1. The molecule has 0 aromatic carbocycles. The summed E-state index contributed by atoms with van der Waals surface area (Å²) in [6.07, 6.45) is 8.25. The number of aromatic amines is 1. The molecular weight excluding hydrogens is 292 g/mol. The molecule has 2 aromatic rings. The van der Waals surface area contributed by atoms with E-state index in [1.165, 1.54) is 0 Å². The molecule has 1 aliphatic heterocycles. The second kappa shape index (κ2) is 6.68. The Bertz CT molecular complexity index is 637. The van der Waals surface area contributed by atoms with Crippen LogP contribution in [0, 0.1) is 0 Å². The molecule has 0 bridgehead atoms. The number of piperidine rings is 1. The Labute approximate surface area is 135 Å². The third kappa shape index (κ3) is 3.44. The Morgan fingerprint density at radius 1 is 1.35 bits per heavy atom. The number of aromatic nitrogens is 3. The van der Waals surface area contributed by atoms with Crippen LogP contribution in [-0.4, -0.2) is 46.5 Å². The molecule has 0 saturated carbocycles. The molecule has 7 nitrogen and oxygen atoms in total. The number of urea groups is 1. The largest absolute Gasteiger partial charge is 0.363 e. The summed E-state index contributed by atoms with van der Waals surface area (Å²) in [5, 5.41) is 2.93. The second-order valence-electron chi connectivity index (χ2n) is 5.91. The van der Waals surface area contributed by atoms with Gasteiger partial charge in [0.2, 0.25) is 0 Å². The summed E-state index contributed by atoms with van der Waals surface area (Å²) in [6, 6.07) is 3.65. The zero-order valence-electron chi connectivity index (χ0n) is 13.5. The summed E-state index contributed by atoms with van der Waals surface area (Å²) in [5.74, 6) is 1.70. The summed E-state index contributed by atoms with van der Waals surface area (Å²) >= 11 is 0. The summed E-state index contributed by atoms with van der Waals surface area (Å²) in [7, 11) is 3.87. The fourth-order valence-electron chi connectivity index (χ4n) is 2.84. The Hall–Kier alpha value is -2.57. The molecule has 3 heterocycles. The molecular formula is C16H22N6O. The molecule has 1 aliphatic rings. The number of pyridine rings is 1. The predicted molar refractivity (Wildman–Crippen MR) is 89.5 cm³/mol. The maximum atomic E-state index is 12.6. The van der Waals surface area contributed by atoms with E-state index in [2.05, 4.69) is 20.3 Å². The van der Waals surface area contributed by atoms with Crippen LogP contribution < -0.4 is 10.2 Å². The Morgan fingerprint density at radius 3 is 2.87 bits per heavy atom. The van der Waals surface area contributed by atoms with Crippen LogP contribution in [0.1, 0.15) is 31.1 Å². The van der Waals surface area contributed by atoms with E-state index in [1.54, 1.807) is 18.6 Å². The SMILES string of the molecule is CN(C)c1ccc(NC(=O)N2CCCCC2c2ncc[nH]2)cn1. The van der Waals surface area contributed by atoms with Crippen molar-refractivity contribution in [2.45, 2.75) is 25.3 Å². The van der Waals surface area contributed by atoms with Crippen molar-refractivity contribution in [2.24, 2.45) is 0 Å². The maximum Gasteiger partial charge on any atom is 0.322 e. The van der Waals surface area contributed by atoms with Crippen LogP contribution in [0.5, 0.6) is 0 Å². The molecule has 0 spiro atoms. The molecule has 23 heavy (non-hydrogen) atoms. The van der Waals surface area contributed by atoms with Crippen molar-refractivity contribution in [3.05, 3.63) is 36.5 Å². The average molecular weight is 314 g/mol. The van der Waals surface area contributed by atoms with E-state index in [0.29, 0.717) is 5.69 Å². The van der Waals surface area contributed by atoms with Crippen LogP contribution in [0.25, 0.3) is 0 Å². The lowest BCUT2D eigenvalue weighted by Crippen LogP contribution is -2.41. The van der Waals surface area contributed by atoms with Crippen molar-refractivity contribution in [1.29, 1.82) is 0 Å². The van der Waals surface area contributed by atoms with Gasteiger partial charge in [-0.15, -0.1) is 0 Å². The number of likely N-dealkylation sites (tertiary alicyclic amines) is 1. The van der Waals surface area contributed by atoms with Crippen LogP contribution in [0.15, 0.2) is 30.7 Å². The van der Waals surface area contributed by atoms with Crippen molar-refractivity contribution < 1.29 is 4.79 Å². The third-order valence-electron chi connectivity index (χ3n) is 4.06. The molecule has 0 aliphatic carbocycles. The predicted octanol–water partition coefficient (Wildman–Crippen LogP) is 2.63. The van der Waals surface area contributed by atoms with Crippen molar-refractivity contribution in [3.63, 3.8) is 0 Å². The van der Waals surface area contributed by atoms with Crippen LogP contribution in [0.4, 0.5) is 16.3 Å². The number of rotatable bonds is 3. The fourth-order valence-corrected chi connectivity index (χ4v) is 2.84. The number of hydrogen-bond donors (Lipinski definition) is 2. The van der Waals surface area contributed by atoms with Crippen LogP contribution in [0.2, 0.25) is 0 Å². The Balaban J connectivity index is 1.70. The molecule has 1 atom stereocenters. The first-order valence-electron chi connectivity index (χ1n) is 7.85. The zero-order valence-corrected chi connectivity index (χ0v) is 13.5. The number of hydrogen-bond acceptors (Lipinski definition) is 4. The summed E-state index contributed by atoms with van der Waals surface area (Å²) in [5.41, 5.74) is 0.698. The molecule has 0 radical (unpaired) electrons. The van der Waals surface area contributed by atoms with E-state index < -0.39 is 0 Å². The monoisotopic (exact) mass is 314 g/mol. The Kier molecular flexibility index (Phi) is 4.45. The molecule has 1 unspecified atom stereocenters. The minimum absolute atomic E-state index is 0.00718. The van der Waals surface area contributed by atoms with Crippen LogP contribution in [0.3, 0.4) is 0 Å². The number of carbonyl (C=O) groups is 1. The normalized spacial score (nSPS) is 17.8. The highest BCUT2D eigenvalue weighted by Crippen LogP contribution is 2.29. The van der Waals surface area contributed by atoms with E-state index in [-0.39, 0.29) is 12.1 Å². The molecule has 1 fully saturated rings. The number of carbonyl (C=O) groups excluding carboxylic acids is 1. The Morgan fingerprint density at radius 2 is 2.22 bits per heavy atom. The van der Waals surface area contributed by atoms with Crippen molar-refractivity contribution >= 4 is 17.5 Å². The van der Waals surface area contributed by atoms with E-state index >= 15 is 0 Å². The summed E-state index contributed by atoms with van der Waals surface area (Å²) < 4.78 is 0. The minimum atomic E-state index is -0.106. The highest BCUT2D eigenvalue weighted by atomic mass is 16.2. The first-order valence-corrected chi connectivity index (χ1v) is 7.85. The molecule has 7 heteroatoms. The topological polar surface area (TPSA) is 77.2 Å². The summed E-state index contributed by atoms with van der Waals surface area (Å²) in [4.78, 5) is 28.2. The van der Waals surface area contributed by atoms with Gasteiger partial charge in [-0.1, -0.05) is 0 Å². The van der Waals surface area contributed by atoms with Gasteiger partial charge in [-0.25, -0.2) is 14.8 Å². The molecule has 2 amide bonds. The van der Waals surface area contributed by atoms with Gasteiger partial charge in [0, 0.05) is 33.0 Å². The van der Waals surface area contributed by atoms with Gasteiger partial charge in [0.05, 0.1) is 17.9 Å². The maximum absolute atomic E-state index is 12.6. The van der Waals surface area contributed by atoms with Gasteiger partial charge in [0.1, 0.15) is 11.6 Å². The number of amides is 2. The lowest BCUT2D eigenvalue weighted by Gasteiger charge is -2.34. The fraction of sp³-hybridized carbons (Fsp3) is 0.438. The number of H-pyrrole nitrogens is 1. The minimum Gasteiger partial charge on any atom is -0.363 e. The molecule has 2 N–H and O–H groups in total. The molecule has 122 valence electrons. The van der Waals surface area contributed by atoms with E-state index in [9.17, 15) is 4.79 Å². The van der Waals surface area contributed by atoms with Gasteiger partial charge in [0.15, 0.2) is 0 Å². The van der Waals surface area contributed by atoms with Gasteiger partial charge < -0.3 is 20.1 Å². The van der Waals surface area contributed by atoms with Crippen molar-refractivity contribution in [3.8, 4) is 0 Å². The third-order valence-corrected chi connectivity index (χ3v) is 4.06. The number of nitrogens with zero attached hydrogens (tertiary/aromatic N) is 4. The zero-order chi connectivity index (χ0) is 16.2. The quantitative estimate of drug-likeness (QED) is 0.913. The lowest BCUT2D eigenvalue weighted by molar-refractivity contribution is 0.160. The number of nitrogens with one attached hydrogen (secondary N) is 2. The van der Waals surface area contributed by atoms with E-state index in [0.717, 1.165) is 37.4 Å². The van der Waals surface area contributed by atoms with Gasteiger partial charge in [-0.05, 0) is 31.4 Å². The standard InChI is InChI=1S/C16H22N6O/c1-21(2)14-7-6-12(11-19-14)20-16(23)22-10-4-3-5-13(22)15-17-8-9-18-15/h6-9,11,13H,3-5,10H2,1-2H3,(H,17,18)(H,20,23). The highest BCUT2D eigenvalue weighted by Gasteiger charge is 2.29. The van der Waals surface area contributed by atoms with Gasteiger partial charge in [-0.3, -0.25) is 0 Å². The van der Waals surface area contributed by atoms with Crippen LogP contribution >= 0.6 is 0 Å². The lowest BCUT2D eigenvalue weighted by atomic mass is 10.0. The van der Waals surface area contributed by atoms with Gasteiger partial charge in [-0.2, -0.15) is 0 Å². The highest BCUT2D eigenvalue weighted by molar-refractivity contribution is 5.89. The number of imidazole rings is 1. The second-order valence-corrected chi connectivity index (χ2v) is 5.91. The molecule has 1 saturated heterocycles. The van der Waals surface area contributed by atoms with Crippen molar-refractivity contribution in [1.82, 2.24) is 19.9 Å².